The standard InChI is InChI=1S/C26H35N5O2/c1-27-26(28-14-13-25(32)29(2)17-21-9-5-3-6-10-21)31-19-23-24(20-31)33-16-15-30(23)18-22-11-7-4-8-12-22/h3-12,23-24H,13-20H2,1-2H3,(H,27,28). The van der Waals surface area contributed by atoms with E-state index in [9.17, 15) is 4.79 Å². The molecular formula is C26H35N5O2. The van der Waals surface area contributed by atoms with Crippen LogP contribution >= 0.6 is 0 Å². The van der Waals surface area contributed by atoms with E-state index >= 15 is 0 Å². The van der Waals surface area contributed by atoms with Gasteiger partial charge < -0.3 is 19.9 Å². The number of hydrogen-bond donors (Lipinski definition) is 1. The van der Waals surface area contributed by atoms with Crippen LogP contribution in [0.2, 0.25) is 0 Å². The van der Waals surface area contributed by atoms with Gasteiger partial charge in [0.05, 0.1) is 18.8 Å². The van der Waals surface area contributed by atoms with Crippen LogP contribution in [0.3, 0.4) is 0 Å². The second-order valence-corrected chi connectivity index (χ2v) is 8.80. The number of hydrogen-bond acceptors (Lipinski definition) is 4. The Morgan fingerprint density at radius 2 is 1.79 bits per heavy atom. The van der Waals surface area contributed by atoms with Crippen LogP contribution in [0.15, 0.2) is 65.7 Å². The highest BCUT2D eigenvalue weighted by atomic mass is 16.5. The minimum Gasteiger partial charge on any atom is -0.373 e. The minimum absolute atomic E-state index is 0.120. The summed E-state index contributed by atoms with van der Waals surface area (Å²) in [5.41, 5.74) is 2.47. The zero-order chi connectivity index (χ0) is 23.0. The van der Waals surface area contributed by atoms with Gasteiger partial charge in [-0.05, 0) is 11.1 Å². The predicted octanol–water partition coefficient (Wildman–Crippen LogP) is 2.20. The van der Waals surface area contributed by atoms with E-state index in [2.05, 4.69) is 50.4 Å². The van der Waals surface area contributed by atoms with Gasteiger partial charge in [0.25, 0.3) is 0 Å². The van der Waals surface area contributed by atoms with Crippen LogP contribution in [0.1, 0.15) is 17.5 Å². The molecule has 2 aliphatic rings. The highest BCUT2D eigenvalue weighted by molar-refractivity contribution is 5.81. The lowest BCUT2D eigenvalue weighted by atomic mass is 10.1. The van der Waals surface area contributed by atoms with Crippen molar-refractivity contribution in [3.8, 4) is 0 Å². The van der Waals surface area contributed by atoms with E-state index in [1.165, 1.54) is 5.56 Å². The van der Waals surface area contributed by atoms with E-state index in [4.69, 9.17) is 4.74 Å². The molecule has 0 saturated carbocycles. The third-order valence-corrected chi connectivity index (χ3v) is 6.47. The lowest BCUT2D eigenvalue weighted by Crippen LogP contribution is -2.50. The van der Waals surface area contributed by atoms with Gasteiger partial charge in [0.2, 0.25) is 5.91 Å². The van der Waals surface area contributed by atoms with Crippen molar-refractivity contribution >= 4 is 11.9 Å². The van der Waals surface area contributed by atoms with Crippen molar-refractivity contribution in [3.63, 3.8) is 0 Å². The molecule has 176 valence electrons. The maximum atomic E-state index is 12.6. The first-order valence-corrected chi connectivity index (χ1v) is 11.8. The Morgan fingerprint density at radius 1 is 1.09 bits per heavy atom. The van der Waals surface area contributed by atoms with Crippen LogP contribution in [-0.4, -0.2) is 85.6 Å². The van der Waals surface area contributed by atoms with Crippen molar-refractivity contribution < 1.29 is 9.53 Å². The Labute approximate surface area is 197 Å². The first kappa shape index (κ1) is 23.3. The Kier molecular flexibility index (Phi) is 7.96. The molecule has 2 aromatic rings. The van der Waals surface area contributed by atoms with Crippen LogP contribution in [0.5, 0.6) is 0 Å². The van der Waals surface area contributed by atoms with E-state index in [-0.39, 0.29) is 12.0 Å². The molecule has 2 heterocycles. The molecule has 7 heteroatoms. The second-order valence-electron chi connectivity index (χ2n) is 8.80. The summed E-state index contributed by atoms with van der Waals surface area (Å²) in [5.74, 6) is 0.959. The number of fused-ring (bicyclic) bond motifs is 1. The zero-order valence-corrected chi connectivity index (χ0v) is 19.7. The summed E-state index contributed by atoms with van der Waals surface area (Å²) >= 11 is 0. The van der Waals surface area contributed by atoms with E-state index in [0.29, 0.717) is 25.6 Å². The third kappa shape index (κ3) is 6.12. The molecule has 2 fully saturated rings. The number of carbonyl (C=O) groups is 1. The second kappa shape index (κ2) is 11.3. The zero-order valence-electron chi connectivity index (χ0n) is 19.7. The molecule has 2 aliphatic heterocycles. The number of carbonyl (C=O) groups excluding carboxylic acids is 1. The number of morpholine rings is 1. The average Bonchev–Trinajstić information content (AvgIpc) is 3.28. The highest BCUT2D eigenvalue weighted by Crippen LogP contribution is 2.24. The van der Waals surface area contributed by atoms with Crippen molar-refractivity contribution in [2.24, 2.45) is 4.99 Å². The van der Waals surface area contributed by atoms with Crippen molar-refractivity contribution in [3.05, 3.63) is 71.8 Å². The molecule has 2 saturated heterocycles. The van der Waals surface area contributed by atoms with Gasteiger partial charge >= 0.3 is 0 Å². The van der Waals surface area contributed by atoms with E-state index in [0.717, 1.165) is 44.3 Å². The van der Waals surface area contributed by atoms with Crippen molar-refractivity contribution in [1.82, 2.24) is 20.0 Å². The van der Waals surface area contributed by atoms with Crippen LogP contribution in [-0.2, 0) is 22.6 Å². The van der Waals surface area contributed by atoms with Gasteiger partial charge in [-0.1, -0.05) is 60.7 Å². The normalized spacial score (nSPS) is 21.0. The largest absolute Gasteiger partial charge is 0.373 e. The van der Waals surface area contributed by atoms with Crippen molar-refractivity contribution in [2.75, 3.05) is 46.9 Å². The molecule has 2 atom stereocenters. The molecule has 0 spiro atoms. The quantitative estimate of drug-likeness (QED) is 0.519. The first-order chi connectivity index (χ1) is 16.1. The summed E-state index contributed by atoms with van der Waals surface area (Å²) in [4.78, 5) is 23.6. The van der Waals surface area contributed by atoms with E-state index < -0.39 is 0 Å². The number of benzene rings is 2. The van der Waals surface area contributed by atoms with E-state index in [1.807, 2.05) is 37.4 Å². The monoisotopic (exact) mass is 449 g/mol. The number of rotatable bonds is 7. The fourth-order valence-corrected chi connectivity index (χ4v) is 4.70. The van der Waals surface area contributed by atoms with Crippen molar-refractivity contribution in [1.29, 1.82) is 0 Å². The van der Waals surface area contributed by atoms with Crippen LogP contribution in [0, 0.1) is 0 Å². The van der Waals surface area contributed by atoms with Gasteiger partial charge in [-0.2, -0.15) is 0 Å². The number of guanidine groups is 1. The molecule has 33 heavy (non-hydrogen) atoms. The Hall–Kier alpha value is -2.90. The van der Waals surface area contributed by atoms with E-state index in [1.54, 1.807) is 11.9 Å². The topological polar surface area (TPSA) is 60.4 Å². The molecule has 0 aromatic heterocycles. The summed E-state index contributed by atoms with van der Waals surface area (Å²) in [7, 11) is 3.66. The maximum Gasteiger partial charge on any atom is 0.224 e. The van der Waals surface area contributed by atoms with Gasteiger partial charge in [-0.25, -0.2) is 0 Å². The summed E-state index contributed by atoms with van der Waals surface area (Å²) < 4.78 is 6.10. The van der Waals surface area contributed by atoms with Gasteiger partial charge in [0, 0.05) is 59.8 Å². The molecule has 2 unspecified atom stereocenters. The molecule has 0 aliphatic carbocycles. The van der Waals surface area contributed by atoms with Gasteiger partial charge in [0.15, 0.2) is 5.96 Å². The van der Waals surface area contributed by atoms with Crippen LogP contribution < -0.4 is 5.32 Å². The lowest BCUT2D eigenvalue weighted by molar-refractivity contribution is -0.130. The third-order valence-electron chi connectivity index (χ3n) is 6.47. The molecule has 0 radical (unpaired) electrons. The number of aliphatic imine (C=N–C) groups is 1. The van der Waals surface area contributed by atoms with Crippen molar-refractivity contribution in [2.45, 2.75) is 31.7 Å². The smallest absolute Gasteiger partial charge is 0.224 e. The van der Waals surface area contributed by atoms with Crippen LogP contribution in [0.4, 0.5) is 0 Å². The number of nitrogens with one attached hydrogen (secondary N) is 1. The number of likely N-dealkylation sites (tertiary alicyclic amines) is 1. The molecular weight excluding hydrogens is 414 g/mol. The number of ether oxygens (including phenoxy) is 1. The van der Waals surface area contributed by atoms with Gasteiger partial charge in [0.1, 0.15) is 0 Å². The molecule has 2 aromatic carbocycles. The highest BCUT2D eigenvalue weighted by Gasteiger charge is 2.41. The fourth-order valence-electron chi connectivity index (χ4n) is 4.70. The molecule has 4 rings (SSSR count). The number of nitrogens with zero attached hydrogens (tertiary/aromatic N) is 4. The molecule has 7 nitrogen and oxygen atoms in total. The lowest BCUT2D eigenvalue weighted by Gasteiger charge is -2.36. The first-order valence-electron chi connectivity index (χ1n) is 11.8. The Bertz CT molecular complexity index is 921. The fraction of sp³-hybridized carbons (Fsp3) is 0.462. The summed E-state index contributed by atoms with van der Waals surface area (Å²) in [6.07, 6.45) is 0.610. The van der Waals surface area contributed by atoms with Crippen LogP contribution in [0.25, 0.3) is 0 Å². The Morgan fingerprint density at radius 3 is 2.48 bits per heavy atom. The number of amides is 1. The summed E-state index contributed by atoms with van der Waals surface area (Å²) in [5, 5.41) is 3.39. The summed E-state index contributed by atoms with van der Waals surface area (Å²) in [6.45, 7) is 5.52. The predicted molar refractivity (Wildman–Crippen MR) is 131 cm³/mol. The SMILES string of the molecule is CN=C(NCCC(=O)N(C)Cc1ccccc1)N1CC2OCCN(Cc3ccccc3)C2C1. The van der Waals surface area contributed by atoms with Gasteiger partial charge in [-0.15, -0.1) is 0 Å². The molecule has 1 amide bonds. The Balaban J connectivity index is 1.26. The molecule has 1 N–H and O–H groups in total. The maximum absolute atomic E-state index is 12.6. The van der Waals surface area contributed by atoms with Gasteiger partial charge in [-0.3, -0.25) is 14.7 Å². The molecule has 0 bridgehead atoms. The minimum atomic E-state index is 0.120. The summed E-state index contributed by atoms with van der Waals surface area (Å²) in [6, 6.07) is 21.0. The average molecular weight is 450 g/mol.